The number of nitrogens with one attached hydrogen (secondary N) is 1. The Hall–Kier alpha value is -2.63. The number of nitrogens with zero attached hydrogens (tertiary/aromatic N) is 1. The Bertz CT molecular complexity index is 678. The molecule has 0 radical (unpaired) electrons. The van der Waals surface area contributed by atoms with Crippen molar-refractivity contribution in [2.75, 3.05) is 6.54 Å². The first kappa shape index (κ1) is 15.8. The standard InChI is InChI=1S/C16H18N2O4/c1-10-4-3-5-12(6-10)7-13(16(20)21)8-17-15(19)14-11(2)22-9-18-14/h3-6,9,13H,7-8H2,1-2H3,(H,17,19)(H,20,21)/t13-/m1/s1. The van der Waals surface area contributed by atoms with Crippen molar-refractivity contribution in [3.8, 4) is 0 Å². The molecule has 22 heavy (non-hydrogen) atoms. The van der Waals surface area contributed by atoms with Crippen molar-refractivity contribution >= 4 is 11.9 Å². The number of hydrogen-bond acceptors (Lipinski definition) is 4. The van der Waals surface area contributed by atoms with Gasteiger partial charge in [0.1, 0.15) is 5.76 Å². The number of aromatic nitrogens is 1. The summed E-state index contributed by atoms with van der Waals surface area (Å²) in [6, 6.07) is 7.67. The second-order valence-electron chi connectivity index (χ2n) is 5.20. The molecule has 0 bridgehead atoms. The number of aliphatic carboxylic acids is 1. The largest absolute Gasteiger partial charge is 0.481 e. The number of rotatable bonds is 6. The van der Waals surface area contributed by atoms with Crippen molar-refractivity contribution in [2.45, 2.75) is 20.3 Å². The van der Waals surface area contributed by atoms with E-state index >= 15 is 0 Å². The van der Waals surface area contributed by atoms with Crippen LogP contribution in [0.25, 0.3) is 0 Å². The van der Waals surface area contributed by atoms with Crippen LogP contribution in [0.15, 0.2) is 35.1 Å². The molecule has 0 saturated carbocycles. The summed E-state index contributed by atoms with van der Waals surface area (Å²) in [6.45, 7) is 3.62. The highest BCUT2D eigenvalue weighted by Crippen LogP contribution is 2.11. The van der Waals surface area contributed by atoms with E-state index in [0.29, 0.717) is 12.2 Å². The molecule has 6 nitrogen and oxygen atoms in total. The van der Waals surface area contributed by atoms with Crippen molar-refractivity contribution in [3.63, 3.8) is 0 Å². The van der Waals surface area contributed by atoms with Gasteiger partial charge >= 0.3 is 5.97 Å². The minimum absolute atomic E-state index is 0.0361. The van der Waals surface area contributed by atoms with E-state index in [1.165, 1.54) is 6.39 Å². The Morgan fingerprint density at radius 1 is 1.36 bits per heavy atom. The number of oxazole rings is 1. The molecule has 1 aromatic heterocycles. The smallest absolute Gasteiger partial charge is 0.308 e. The summed E-state index contributed by atoms with van der Waals surface area (Å²) < 4.78 is 4.96. The average molecular weight is 302 g/mol. The number of hydrogen-bond donors (Lipinski definition) is 2. The number of benzene rings is 1. The molecule has 6 heteroatoms. The first-order valence-corrected chi connectivity index (χ1v) is 6.94. The van der Waals surface area contributed by atoms with Gasteiger partial charge in [-0.25, -0.2) is 4.98 Å². The van der Waals surface area contributed by atoms with Crippen molar-refractivity contribution in [1.29, 1.82) is 0 Å². The Labute approximate surface area is 128 Å². The molecule has 0 aliphatic rings. The maximum atomic E-state index is 11.9. The summed E-state index contributed by atoms with van der Waals surface area (Å²) >= 11 is 0. The van der Waals surface area contributed by atoms with Crippen LogP contribution in [0.5, 0.6) is 0 Å². The summed E-state index contributed by atoms with van der Waals surface area (Å²) in [4.78, 5) is 27.1. The van der Waals surface area contributed by atoms with Crippen LogP contribution in [0.1, 0.15) is 27.4 Å². The molecule has 2 aromatic rings. The molecule has 116 valence electrons. The molecule has 0 unspecified atom stereocenters. The lowest BCUT2D eigenvalue weighted by Gasteiger charge is -2.13. The molecule has 0 fully saturated rings. The first-order valence-electron chi connectivity index (χ1n) is 6.94. The van der Waals surface area contributed by atoms with Crippen LogP contribution in [0, 0.1) is 19.8 Å². The van der Waals surface area contributed by atoms with Crippen LogP contribution in [0.2, 0.25) is 0 Å². The predicted molar refractivity (Wildman–Crippen MR) is 79.6 cm³/mol. The predicted octanol–water partition coefficient (Wildman–Crippen LogP) is 1.96. The van der Waals surface area contributed by atoms with Gasteiger partial charge in [-0.05, 0) is 25.8 Å². The number of aryl methyl sites for hydroxylation is 2. The lowest BCUT2D eigenvalue weighted by molar-refractivity contribution is -0.141. The van der Waals surface area contributed by atoms with Crippen LogP contribution in [-0.4, -0.2) is 28.5 Å². The van der Waals surface area contributed by atoms with Gasteiger partial charge in [0.05, 0.1) is 5.92 Å². The normalized spacial score (nSPS) is 11.9. The first-order chi connectivity index (χ1) is 10.5. The van der Waals surface area contributed by atoms with Crippen LogP contribution >= 0.6 is 0 Å². The van der Waals surface area contributed by atoms with Crippen LogP contribution in [-0.2, 0) is 11.2 Å². The fourth-order valence-electron chi connectivity index (χ4n) is 2.19. The van der Waals surface area contributed by atoms with Gasteiger partial charge in [-0.3, -0.25) is 9.59 Å². The fourth-order valence-corrected chi connectivity index (χ4v) is 2.19. The second-order valence-corrected chi connectivity index (χ2v) is 5.20. The molecule has 1 atom stereocenters. The van der Waals surface area contributed by atoms with E-state index in [1.807, 2.05) is 31.2 Å². The van der Waals surface area contributed by atoms with Gasteiger partial charge < -0.3 is 14.8 Å². The van der Waals surface area contributed by atoms with Gasteiger partial charge in [-0.15, -0.1) is 0 Å². The minimum Gasteiger partial charge on any atom is -0.481 e. The molecular formula is C16H18N2O4. The van der Waals surface area contributed by atoms with Crippen molar-refractivity contribution in [2.24, 2.45) is 5.92 Å². The topological polar surface area (TPSA) is 92.4 Å². The van der Waals surface area contributed by atoms with E-state index in [4.69, 9.17) is 4.42 Å². The Morgan fingerprint density at radius 3 is 2.73 bits per heavy atom. The molecule has 0 saturated heterocycles. The number of carboxylic acid groups (broad SMARTS) is 1. The zero-order valence-corrected chi connectivity index (χ0v) is 12.5. The number of carbonyl (C=O) groups excluding carboxylic acids is 1. The van der Waals surface area contributed by atoms with Crippen molar-refractivity contribution < 1.29 is 19.1 Å². The maximum absolute atomic E-state index is 11.9. The monoisotopic (exact) mass is 302 g/mol. The molecular weight excluding hydrogens is 284 g/mol. The van der Waals surface area contributed by atoms with Crippen LogP contribution < -0.4 is 5.32 Å². The van der Waals surface area contributed by atoms with Gasteiger partial charge in [-0.1, -0.05) is 29.8 Å². The molecule has 1 heterocycles. The Balaban J connectivity index is 1.99. The summed E-state index contributed by atoms with van der Waals surface area (Å²) in [5.74, 6) is -1.67. The van der Waals surface area contributed by atoms with Gasteiger partial charge in [-0.2, -0.15) is 0 Å². The number of carbonyl (C=O) groups is 2. The highest BCUT2D eigenvalue weighted by molar-refractivity contribution is 5.93. The Kier molecular flexibility index (Phi) is 4.93. The van der Waals surface area contributed by atoms with E-state index in [0.717, 1.165) is 11.1 Å². The minimum atomic E-state index is -0.946. The quantitative estimate of drug-likeness (QED) is 0.851. The average Bonchev–Trinajstić information content (AvgIpc) is 2.89. The van der Waals surface area contributed by atoms with Gasteiger partial charge in [0.25, 0.3) is 5.91 Å². The van der Waals surface area contributed by atoms with Gasteiger partial charge in [0.2, 0.25) is 0 Å². The third-order valence-corrected chi connectivity index (χ3v) is 3.38. The summed E-state index contributed by atoms with van der Waals surface area (Å²) in [5, 5.41) is 11.9. The fraction of sp³-hybridized carbons (Fsp3) is 0.312. The molecule has 1 amide bonds. The third-order valence-electron chi connectivity index (χ3n) is 3.38. The van der Waals surface area contributed by atoms with Gasteiger partial charge in [0.15, 0.2) is 12.1 Å². The van der Waals surface area contributed by atoms with E-state index < -0.39 is 17.8 Å². The zero-order valence-electron chi connectivity index (χ0n) is 12.5. The van der Waals surface area contributed by atoms with Crippen molar-refractivity contribution in [3.05, 3.63) is 53.2 Å². The van der Waals surface area contributed by atoms with Crippen LogP contribution in [0.3, 0.4) is 0 Å². The molecule has 0 spiro atoms. The zero-order chi connectivity index (χ0) is 16.1. The lowest BCUT2D eigenvalue weighted by Crippen LogP contribution is -2.34. The number of amides is 1. The second kappa shape index (κ2) is 6.89. The highest BCUT2D eigenvalue weighted by Gasteiger charge is 2.21. The molecule has 2 N–H and O–H groups in total. The van der Waals surface area contributed by atoms with E-state index in [2.05, 4.69) is 10.3 Å². The highest BCUT2D eigenvalue weighted by atomic mass is 16.4. The molecule has 1 aromatic carbocycles. The summed E-state index contributed by atoms with van der Waals surface area (Å²) in [5.41, 5.74) is 2.18. The number of carboxylic acids is 1. The van der Waals surface area contributed by atoms with E-state index in [-0.39, 0.29) is 12.2 Å². The van der Waals surface area contributed by atoms with Gasteiger partial charge in [0, 0.05) is 6.54 Å². The van der Waals surface area contributed by atoms with Crippen LogP contribution in [0.4, 0.5) is 0 Å². The maximum Gasteiger partial charge on any atom is 0.308 e. The van der Waals surface area contributed by atoms with E-state index in [9.17, 15) is 14.7 Å². The molecule has 0 aliphatic carbocycles. The summed E-state index contributed by atoms with van der Waals surface area (Å²) in [7, 11) is 0. The van der Waals surface area contributed by atoms with Crippen molar-refractivity contribution in [1.82, 2.24) is 10.3 Å². The molecule has 0 aliphatic heterocycles. The summed E-state index contributed by atoms with van der Waals surface area (Å²) in [6.07, 6.45) is 1.54. The third kappa shape index (κ3) is 3.94. The molecule has 2 rings (SSSR count). The SMILES string of the molecule is Cc1cccc(C[C@H](CNC(=O)c2ncoc2C)C(=O)O)c1. The van der Waals surface area contributed by atoms with E-state index in [1.54, 1.807) is 6.92 Å². The Morgan fingerprint density at radius 2 is 2.14 bits per heavy atom. The lowest BCUT2D eigenvalue weighted by atomic mass is 9.98.